The highest BCUT2D eigenvalue weighted by Crippen LogP contribution is 2.27. The van der Waals surface area contributed by atoms with E-state index >= 15 is 0 Å². The van der Waals surface area contributed by atoms with Crippen molar-refractivity contribution < 1.29 is 0 Å². The van der Waals surface area contributed by atoms with Crippen molar-refractivity contribution in [2.75, 3.05) is 5.75 Å². The van der Waals surface area contributed by atoms with Crippen LogP contribution in [-0.2, 0) is 0 Å². The summed E-state index contributed by atoms with van der Waals surface area (Å²) in [5, 5.41) is 2.12. The van der Waals surface area contributed by atoms with Gasteiger partial charge in [0.05, 0.1) is 0 Å². The SMILES string of the molecule is C1=CSSC1.NN. The van der Waals surface area contributed by atoms with Gasteiger partial charge in [0.15, 0.2) is 0 Å². The molecular weight excluding hydrogens is 128 g/mol. The molecule has 0 aromatic heterocycles. The summed E-state index contributed by atoms with van der Waals surface area (Å²) in [6, 6.07) is 0. The van der Waals surface area contributed by atoms with Crippen LogP contribution in [0, 0.1) is 0 Å². The Morgan fingerprint density at radius 3 is 2.29 bits per heavy atom. The highest BCUT2D eigenvalue weighted by atomic mass is 33.1. The third-order valence-electron chi connectivity index (χ3n) is 0.384. The molecule has 4 heteroatoms. The van der Waals surface area contributed by atoms with E-state index < -0.39 is 0 Å². The standard InChI is InChI=1S/C3H4S2.H4N2/c1-2-4-5-3-1;1-2/h1-2H,3H2;1-2H2. The predicted molar refractivity (Wildman–Crippen MR) is 37.6 cm³/mol. The van der Waals surface area contributed by atoms with Crippen molar-refractivity contribution in [2.45, 2.75) is 0 Å². The van der Waals surface area contributed by atoms with Crippen LogP contribution < -0.4 is 11.7 Å². The van der Waals surface area contributed by atoms with Crippen LogP contribution in [0.15, 0.2) is 11.5 Å². The number of hydrazine groups is 1. The molecule has 0 saturated carbocycles. The van der Waals surface area contributed by atoms with Crippen molar-refractivity contribution in [3.05, 3.63) is 11.5 Å². The van der Waals surface area contributed by atoms with Crippen molar-refractivity contribution in [1.29, 1.82) is 0 Å². The van der Waals surface area contributed by atoms with Crippen LogP contribution in [-0.4, -0.2) is 5.75 Å². The molecule has 0 spiro atoms. The molecule has 0 aliphatic carbocycles. The van der Waals surface area contributed by atoms with Crippen LogP contribution in [0.25, 0.3) is 0 Å². The van der Waals surface area contributed by atoms with E-state index in [4.69, 9.17) is 0 Å². The maximum atomic E-state index is 4.00. The van der Waals surface area contributed by atoms with Gasteiger partial charge in [-0.25, -0.2) is 0 Å². The fourth-order valence-electron chi connectivity index (χ4n) is 0.196. The maximum absolute atomic E-state index is 4.00. The number of hydrogen-bond acceptors (Lipinski definition) is 4. The fraction of sp³-hybridized carbons (Fsp3) is 0.333. The lowest BCUT2D eigenvalue weighted by molar-refractivity contribution is 1.26. The molecule has 0 radical (unpaired) electrons. The summed E-state index contributed by atoms with van der Waals surface area (Å²) in [5.41, 5.74) is 0. The molecule has 4 N–H and O–H groups in total. The van der Waals surface area contributed by atoms with E-state index in [9.17, 15) is 0 Å². The first kappa shape index (κ1) is 7.36. The maximum Gasteiger partial charge on any atom is 0.0229 e. The molecule has 0 bridgehead atoms. The Morgan fingerprint density at radius 2 is 2.14 bits per heavy atom. The Kier molecular flexibility index (Phi) is 6.69. The van der Waals surface area contributed by atoms with Crippen LogP contribution >= 0.6 is 21.6 Å². The van der Waals surface area contributed by atoms with Crippen molar-refractivity contribution in [3.63, 3.8) is 0 Å². The Bertz CT molecular complexity index is 48.9. The second-order valence-electron chi connectivity index (χ2n) is 0.753. The van der Waals surface area contributed by atoms with E-state index in [1.807, 2.05) is 21.6 Å². The molecule has 42 valence electrons. The molecule has 1 heterocycles. The minimum Gasteiger partial charge on any atom is -0.274 e. The predicted octanol–water partition coefficient (Wildman–Crippen LogP) is 0.714. The topological polar surface area (TPSA) is 52.0 Å². The molecule has 1 aliphatic rings. The molecule has 0 aromatic rings. The minimum atomic E-state index is 1.20. The van der Waals surface area contributed by atoms with Crippen molar-refractivity contribution in [3.8, 4) is 0 Å². The zero-order valence-electron chi connectivity index (χ0n) is 3.83. The Balaban J connectivity index is 0.000000162. The molecule has 0 saturated heterocycles. The van der Waals surface area contributed by atoms with Gasteiger partial charge in [-0.2, -0.15) is 0 Å². The number of nitrogens with two attached hydrogens (primary N) is 2. The van der Waals surface area contributed by atoms with E-state index in [1.165, 1.54) is 5.75 Å². The summed E-state index contributed by atoms with van der Waals surface area (Å²) in [6.07, 6.45) is 2.16. The minimum absolute atomic E-state index is 1.20. The van der Waals surface area contributed by atoms with Crippen molar-refractivity contribution in [1.82, 2.24) is 0 Å². The van der Waals surface area contributed by atoms with E-state index in [2.05, 4.69) is 23.2 Å². The first-order valence-electron chi connectivity index (χ1n) is 1.77. The lowest BCUT2D eigenvalue weighted by Crippen LogP contribution is -2.02. The van der Waals surface area contributed by atoms with Gasteiger partial charge >= 0.3 is 0 Å². The second-order valence-corrected chi connectivity index (χ2v) is 3.07. The van der Waals surface area contributed by atoms with E-state index in [0.717, 1.165) is 0 Å². The largest absolute Gasteiger partial charge is 0.274 e. The number of rotatable bonds is 0. The van der Waals surface area contributed by atoms with Gasteiger partial charge in [-0.15, -0.1) is 0 Å². The second kappa shape index (κ2) is 6.36. The monoisotopic (exact) mass is 136 g/mol. The van der Waals surface area contributed by atoms with Gasteiger partial charge in [0.1, 0.15) is 0 Å². The molecule has 1 rings (SSSR count). The molecule has 0 amide bonds. The van der Waals surface area contributed by atoms with Crippen LogP contribution in [0.2, 0.25) is 0 Å². The first-order valence-corrected chi connectivity index (χ1v) is 4.15. The fourth-order valence-corrected chi connectivity index (χ4v) is 1.77. The summed E-state index contributed by atoms with van der Waals surface area (Å²) in [7, 11) is 3.69. The molecule has 0 fully saturated rings. The Labute approximate surface area is 51.1 Å². The quantitative estimate of drug-likeness (QED) is 0.292. The summed E-state index contributed by atoms with van der Waals surface area (Å²) >= 11 is 0. The summed E-state index contributed by atoms with van der Waals surface area (Å²) in [5.74, 6) is 9.20. The third-order valence-corrected chi connectivity index (χ3v) is 2.30. The lowest BCUT2D eigenvalue weighted by atomic mass is 10.8. The lowest BCUT2D eigenvalue weighted by Gasteiger charge is -1.69. The molecule has 1 aliphatic heterocycles. The van der Waals surface area contributed by atoms with Crippen LogP contribution in [0.4, 0.5) is 0 Å². The molecule has 0 atom stereocenters. The van der Waals surface area contributed by atoms with Gasteiger partial charge in [-0.1, -0.05) is 27.7 Å². The van der Waals surface area contributed by atoms with Crippen LogP contribution in [0.1, 0.15) is 0 Å². The van der Waals surface area contributed by atoms with Crippen molar-refractivity contribution >= 4 is 21.6 Å². The van der Waals surface area contributed by atoms with E-state index in [0.29, 0.717) is 0 Å². The van der Waals surface area contributed by atoms with E-state index in [-0.39, 0.29) is 0 Å². The average molecular weight is 136 g/mol. The summed E-state index contributed by atoms with van der Waals surface area (Å²) in [4.78, 5) is 0. The molecule has 7 heavy (non-hydrogen) atoms. The first-order chi connectivity index (χ1) is 3.50. The Hall–Kier alpha value is 0.360. The van der Waals surface area contributed by atoms with Gasteiger partial charge in [0.2, 0.25) is 0 Å². The van der Waals surface area contributed by atoms with Crippen LogP contribution in [0.3, 0.4) is 0 Å². The highest BCUT2D eigenvalue weighted by molar-refractivity contribution is 8.78. The molecule has 0 aromatic carbocycles. The van der Waals surface area contributed by atoms with Gasteiger partial charge in [0, 0.05) is 5.75 Å². The smallest absolute Gasteiger partial charge is 0.0229 e. The molecule has 2 nitrogen and oxygen atoms in total. The van der Waals surface area contributed by atoms with Gasteiger partial charge in [-0.3, -0.25) is 11.7 Å². The Morgan fingerprint density at radius 1 is 1.43 bits per heavy atom. The third kappa shape index (κ3) is 4.21. The van der Waals surface area contributed by atoms with Crippen LogP contribution in [0.5, 0.6) is 0 Å². The van der Waals surface area contributed by atoms with E-state index in [1.54, 1.807) is 0 Å². The highest BCUT2D eigenvalue weighted by Gasteiger charge is 1.85. The normalized spacial score (nSPS) is 15.7. The van der Waals surface area contributed by atoms with Gasteiger partial charge in [-0.05, 0) is 5.41 Å². The molecular formula is C3H8N2S2. The summed E-state index contributed by atoms with van der Waals surface area (Å²) < 4.78 is 0. The number of hydrogen-bond donors (Lipinski definition) is 2. The summed E-state index contributed by atoms with van der Waals surface area (Å²) in [6.45, 7) is 0. The zero-order chi connectivity index (χ0) is 5.54. The zero-order valence-corrected chi connectivity index (χ0v) is 5.47. The molecule has 0 unspecified atom stereocenters. The van der Waals surface area contributed by atoms with Gasteiger partial charge in [0.25, 0.3) is 0 Å². The average Bonchev–Trinajstić information content (AvgIpc) is 2.23. The van der Waals surface area contributed by atoms with Gasteiger partial charge < -0.3 is 0 Å². The van der Waals surface area contributed by atoms with Crippen molar-refractivity contribution in [2.24, 2.45) is 11.7 Å².